The Bertz CT molecular complexity index is 617. The molecule has 0 bridgehead atoms. The van der Waals surface area contributed by atoms with Gasteiger partial charge in [-0.2, -0.15) is 0 Å². The number of rotatable bonds is 8. The molecule has 0 aromatic heterocycles. The first kappa shape index (κ1) is 17.0. The van der Waals surface area contributed by atoms with Gasteiger partial charge < -0.3 is 20.5 Å². The van der Waals surface area contributed by atoms with Crippen molar-refractivity contribution in [3.05, 3.63) is 60.2 Å². The summed E-state index contributed by atoms with van der Waals surface area (Å²) in [7, 11) is 1.54. The average Bonchev–Trinajstić information content (AvgIpc) is 2.56. The van der Waals surface area contributed by atoms with E-state index in [1.165, 1.54) is 7.11 Å². The Balaban J connectivity index is 1.97. The number of carbonyl (C=O) groups excluding carboxylic acids is 1. The normalized spacial score (nSPS) is 11.7. The standard InChI is InChI=1S/C18H22N2O3/c1-23-13-15(21)11-12-19-18(22)16-9-5-6-10-17(16)20-14-7-3-2-4-8-14/h2-10,15,20-21H,11-13H2,1H3,(H,19,22). The number of amides is 1. The third kappa shape index (κ3) is 5.39. The minimum absolute atomic E-state index is 0.173. The second-order valence-electron chi connectivity index (χ2n) is 5.19. The van der Waals surface area contributed by atoms with Crippen molar-refractivity contribution in [2.75, 3.05) is 25.6 Å². The number of ether oxygens (including phenoxy) is 1. The SMILES string of the molecule is COCC(O)CCNC(=O)c1ccccc1Nc1ccccc1. The molecular formula is C18H22N2O3. The van der Waals surface area contributed by atoms with Gasteiger partial charge in [-0.1, -0.05) is 30.3 Å². The fourth-order valence-electron chi connectivity index (χ4n) is 2.19. The van der Waals surface area contributed by atoms with Crippen molar-refractivity contribution in [1.82, 2.24) is 5.32 Å². The lowest BCUT2D eigenvalue weighted by molar-refractivity contribution is 0.0588. The third-order valence-corrected chi connectivity index (χ3v) is 3.35. The van der Waals surface area contributed by atoms with Crippen molar-refractivity contribution in [3.8, 4) is 0 Å². The van der Waals surface area contributed by atoms with Crippen molar-refractivity contribution in [1.29, 1.82) is 0 Å². The van der Waals surface area contributed by atoms with Crippen LogP contribution in [0.15, 0.2) is 54.6 Å². The maximum Gasteiger partial charge on any atom is 0.253 e. The van der Waals surface area contributed by atoms with Crippen LogP contribution in [0.4, 0.5) is 11.4 Å². The number of hydrogen-bond donors (Lipinski definition) is 3. The van der Waals surface area contributed by atoms with E-state index < -0.39 is 6.10 Å². The average molecular weight is 314 g/mol. The van der Waals surface area contributed by atoms with E-state index in [9.17, 15) is 9.90 Å². The molecule has 0 spiro atoms. The first-order valence-electron chi connectivity index (χ1n) is 7.57. The first-order valence-corrected chi connectivity index (χ1v) is 7.57. The monoisotopic (exact) mass is 314 g/mol. The van der Waals surface area contributed by atoms with E-state index in [2.05, 4.69) is 10.6 Å². The van der Waals surface area contributed by atoms with Gasteiger partial charge in [-0.25, -0.2) is 0 Å². The predicted molar refractivity (Wildman–Crippen MR) is 91.0 cm³/mol. The summed E-state index contributed by atoms with van der Waals surface area (Å²) in [6.07, 6.45) is -0.119. The first-order chi connectivity index (χ1) is 11.2. The molecule has 0 aliphatic carbocycles. The molecule has 5 nitrogen and oxygen atoms in total. The summed E-state index contributed by atoms with van der Waals surface area (Å²) < 4.78 is 4.86. The molecule has 1 unspecified atom stereocenters. The van der Waals surface area contributed by atoms with Crippen LogP contribution in [0.2, 0.25) is 0 Å². The highest BCUT2D eigenvalue weighted by Crippen LogP contribution is 2.20. The summed E-state index contributed by atoms with van der Waals surface area (Å²) in [6, 6.07) is 17.0. The minimum Gasteiger partial charge on any atom is -0.391 e. The van der Waals surface area contributed by atoms with Crippen LogP contribution in [0.1, 0.15) is 16.8 Å². The van der Waals surface area contributed by atoms with Crippen LogP contribution in [-0.4, -0.2) is 37.4 Å². The van der Waals surface area contributed by atoms with E-state index in [1.807, 2.05) is 48.5 Å². The summed E-state index contributed by atoms with van der Waals surface area (Å²) in [5, 5.41) is 15.7. The Hall–Kier alpha value is -2.37. The lowest BCUT2D eigenvalue weighted by Crippen LogP contribution is -2.28. The smallest absolute Gasteiger partial charge is 0.253 e. The zero-order valence-electron chi connectivity index (χ0n) is 13.2. The highest BCUT2D eigenvalue weighted by Gasteiger charge is 2.11. The molecule has 0 aliphatic rings. The Morgan fingerprint density at radius 2 is 1.83 bits per heavy atom. The van der Waals surface area contributed by atoms with Gasteiger partial charge in [0, 0.05) is 19.3 Å². The third-order valence-electron chi connectivity index (χ3n) is 3.35. The maximum absolute atomic E-state index is 12.3. The Kier molecular flexibility index (Phi) is 6.59. The molecule has 0 fully saturated rings. The minimum atomic E-state index is -0.571. The van der Waals surface area contributed by atoms with Crippen molar-refractivity contribution >= 4 is 17.3 Å². The molecule has 0 heterocycles. The number of anilines is 2. The lowest BCUT2D eigenvalue weighted by atomic mass is 10.1. The molecule has 0 aliphatic heterocycles. The number of methoxy groups -OCH3 is 1. The molecule has 5 heteroatoms. The molecule has 2 rings (SSSR count). The Labute approximate surface area is 136 Å². The zero-order valence-corrected chi connectivity index (χ0v) is 13.2. The highest BCUT2D eigenvalue weighted by molar-refractivity contribution is 6.00. The molecule has 23 heavy (non-hydrogen) atoms. The van der Waals surface area contributed by atoms with Crippen molar-refractivity contribution < 1.29 is 14.6 Å². The number of nitrogens with one attached hydrogen (secondary N) is 2. The summed E-state index contributed by atoms with van der Waals surface area (Å²) >= 11 is 0. The van der Waals surface area contributed by atoms with Gasteiger partial charge in [-0.15, -0.1) is 0 Å². The van der Waals surface area contributed by atoms with Gasteiger partial charge in [0.1, 0.15) is 0 Å². The quantitative estimate of drug-likeness (QED) is 0.700. The topological polar surface area (TPSA) is 70.6 Å². The van der Waals surface area contributed by atoms with E-state index >= 15 is 0 Å². The molecule has 0 radical (unpaired) electrons. The molecular weight excluding hydrogens is 292 g/mol. The lowest BCUT2D eigenvalue weighted by Gasteiger charge is -2.13. The predicted octanol–water partition coefficient (Wildman–Crippen LogP) is 2.56. The van der Waals surface area contributed by atoms with Crippen molar-refractivity contribution in [3.63, 3.8) is 0 Å². The molecule has 0 saturated carbocycles. The number of para-hydroxylation sites is 2. The molecule has 2 aromatic rings. The van der Waals surface area contributed by atoms with Gasteiger partial charge in [0.05, 0.1) is 24.0 Å². The highest BCUT2D eigenvalue weighted by atomic mass is 16.5. The van der Waals surface area contributed by atoms with Crippen LogP contribution in [0.3, 0.4) is 0 Å². The maximum atomic E-state index is 12.3. The zero-order chi connectivity index (χ0) is 16.5. The fourth-order valence-corrected chi connectivity index (χ4v) is 2.19. The number of hydrogen-bond acceptors (Lipinski definition) is 4. The number of aliphatic hydroxyl groups is 1. The summed E-state index contributed by atoms with van der Waals surface area (Å²) in [5.41, 5.74) is 2.23. The van der Waals surface area contributed by atoms with Crippen LogP contribution in [0.25, 0.3) is 0 Å². The molecule has 122 valence electrons. The Morgan fingerprint density at radius 3 is 2.57 bits per heavy atom. The second kappa shape index (κ2) is 8.92. The number of benzene rings is 2. The summed E-state index contributed by atoms with van der Waals surface area (Å²) in [6.45, 7) is 0.658. The van der Waals surface area contributed by atoms with Crippen molar-refractivity contribution in [2.24, 2.45) is 0 Å². The van der Waals surface area contributed by atoms with Gasteiger partial charge in [-0.05, 0) is 30.7 Å². The Morgan fingerprint density at radius 1 is 1.13 bits per heavy atom. The van der Waals surface area contributed by atoms with E-state index in [-0.39, 0.29) is 12.5 Å². The van der Waals surface area contributed by atoms with Crippen LogP contribution in [-0.2, 0) is 4.74 Å². The van der Waals surface area contributed by atoms with Crippen molar-refractivity contribution in [2.45, 2.75) is 12.5 Å². The van der Waals surface area contributed by atoms with Crippen LogP contribution in [0, 0.1) is 0 Å². The van der Waals surface area contributed by atoms with Gasteiger partial charge >= 0.3 is 0 Å². The largest absolute Gasteiger partial charge is 0.391 e. The fraction of sp³-hybridized carbons (Fsp3) is 0.278. The van der Waals surface area contributed by atoms with Gasteiger partial charge in [0.2, 0.25) is 0 Å². The molecule has 0 saturated heterocycles. The van der Waals surface area contributed by atoms with Crippen LogP contribution < -0.4 is 10.6 Å². The van der Waals surface area contributed by atoms with E-state index in [1.54, 1.807) is 6.07 Å². The van der Waals surface area contributed by atoms with E-state index in [0.29, 0.717) is 18.5 Å². The molecule has 2 aromatic carbocycles. The number of aliphatic hydroxyl groups excluding tert-OH is 1. The second-order valence-corrected chi connectivity index (χ2v) is 5.19. The van der Waals surface area contributed by atoms with E-state index in [0.717, 1.165) is 11.4 Å². The van der Waals surface area contributed by atoms with Gasteiger partial charge in [0.25, 0.3) is 5.91 Å². The van der Waals surface area contributed by atoms with Crippen LogP contribution in [0.5, 0.6) is 0 Å². The van der Waals surface area contributed by atoms with E-state index in [4.69, 9.17) is 4.74 Å². The van der Waals surface area contributed by atoms with Crippen LogP contribution >= 0.6 is 0 Å². The number of carbonyl (C=O) groups is 1. The molecule has 3 N–H and O–H groups in total. The van der Waals surface area contributed by atoms with Gasteiger partial charge in [0.15, 0.2) is 0 Å². The van der Waals surface area contributed by atoms with Gasteiger partial charge in [-0.3, -0.25) is 4.79 Å². The molecule has 1 amide bonds. The summed E-state index contributed by atoms with van der Waals surface area (Å²) in [4.78, 5) is 12.3. The molecule has 1 atom stereocenters. The summed E-state index contributed by atoms with van der Waals surface area (Å²) in [5.74, 6) is -0.173.